The second-order valence-electron chi connectivity index (χ2n) is 8.45. The Morgan fingerprint density at radius 3 is 2.72 bits per heavy atom. The minimum atomic E-state index is -0.452. The monoisotopic (exact) mass is 530 g/mol. The zero-order valence-electron chi connectivity index (χ0n) is 20.0. The van der Waals surface area contributed by atoms with Crippen LogP contribution < -0.4 is 4.74 Å². The second-order valence-corrected chi connectivity index (χ2v) is 9.85. The lowest BCUT2D eigenvalue weighted by molar-refractivity contribution is -0.135. The van der Waals surface area contributed by atoms with Gasteiger partial charge < -0.3 is 19.3 Å². The van der Waals surface area contributed by atoms with Crippen LogP contribution in [0.3, 0.4) is 0 Å². The summed E-state index contributed by atoms with van der Waals surface area (Å²) in [5.41, 5.74) is 1.35. The fraction of sp³-hybridized carbons (Fsp3) is 0.333. The predicted molar refractivity (Wildman–Crippen MR) is 138 cm³/mol. The van der Waals surface area contributed by atoms with Crippen LogP contribution in [0, 0.1) is 5.82 Å². The van der Waals surface area contributed by atoms with Gasteiger partial charge in [-0.1, -0.05) is 35.9 Å². The van der Waals surface area contributed by atoms with E-state index in [0.29, 0.717) is 36.7 Å². The van der Waals surface area contributed by atoms with Crippen molar-refractivity contribution in [2.75, 3.05) is 40.0 Å². The minimum absolute atomic E-state index is 0.108. The third-order valence-corrected chi connectivity index (χ3v) is 7.47. The van der Waals surface area contributed by atoms with Gasteiger partial charge in [-0.15, -0.1) is 11.3 Å². The first-order valence-corrected chi connectivity index (χ1v) is 13.0. The molecular formula is C27H28ClFN2O4S. The summed E-state index contributed by atoms with van der Waals surface area (Å²) in [4.78, 5) is 31.4. The molecular weight excluding hydrogens is 503 g/mol. The van der Waals surface area contributed by atoms with Gasteiger partial charge in [0.2, 0.25) is 5.91 Å². The van der Waals surface area contributed by atoms with E-state index in [9.17, 15) is 14.0 Å². The molecule has 1 aromatic heterocycles. The van der Waals surface area contributed by atoms with Crippen molar-refractivity contribution in [1.29, 1.82) is 0 Å². The zero-order chi connectivity index (χ0) is 25.5. The lowest BCUT2D eigenvalue weighted by Crippen LogP contribution is -2.48. The van der Waals surface area contributed by atoms with E-state index in [1.807, 2.05) is 11.4 Å². The summed E-state index contributed by atoms with van der Waals surface area (Å²) in [6.07, 6.45) is 1.30. The number of amides is 2. The van der Waals surface area contributed by atoms with Crippen molar-refractivity contribution in [3.05, 3.63) is 86.8 Å². The first kappa shape index (κ1) is 26.1. The van der Waals surface area contributed by atoms with E-state index in [-0.39, 0.29) is 36.8 Å². The maximum Gasteiger partial charge on any atom is 0.255 e. The van der Waals surface area contributed by atoms with Crippen LogP contribution >= 0.6 is 22.9 Å². The summed E-state index contributed by atoms with van der Waals surface area (Å²) < 4.78 is 25.1. The molecule has 4 rings (SSSR count). The van der Waals surface area contributed by atoms with Crippen molar-refractivity contribution in [3.8, 4) is 5.75 Å². The number of para-hydroxylation sites is 1. The summed E-state index contributed by atoms with van der Waals surface area (Å²) in [5, 5.41) is 2.33. The Labute approximate surface area is 219 Å². The van der Waals surface area contributed by atoms with E-state index in [4.69, 9.17) is 21.1 Å². The summed E-state index contributed by atoms with van der Waals surface area (Å²) in [5.74, 6) is -0.821. The molecule has 0 unspecified atom stereocenters. The van der Waals surface area contributed by atoms with Gasteiger partial charge in [0.25, 0.3) is 5.91 Å². The van der Waals surface area contributed by atoms with E-state index in [2.05, 4.69) is 0 Å². The van der Waals surface area contributed by atoms with Crippen LogP contribution in [0.5, 0.6) is 5.75 Å². The molecule has 3 aromatic rings. The smallest absolute Gasteiger partial charge is 0.255 e. The fourth-order valence-corrected chi connectivity index (χ4v) is 5.46. The van der Waals surface area contributed by atoms with Gasteiger partial charge in [-0.25, -0.2) is 4.39 Å². The number of halogens is 2. The molecule has 0 radical (unpaired) electrons. The molecule has 1 aliphatic heterocycles. The Bertz CT molecular complexity index is 1200. The topological polar surface area (TPSA) is 59.1 Å². The number of methoxy groups -OCH3 is 1. The Kier molecular flexibility index (Phi) is 8.96. The van der Waals surface area contributed by atoms with Crippen molar-refractivity contribution < 1.29 is 23.5 Å². The van der Waals surface area contributed by atoms with E-state index in [1.54, 1.807) is 65.8 Å². The average molecular weight is 531 g/mol. The summed E-state index contributed by atoms with van der Waals surface area (Å²) in [6, 6.07) is 14.6. The highest BCUT2D eigenvalue weighted by Crippen LogP contribution is 2.34. The minimum Gasteiger partial charge on any atom is -0.488 e. The molecule has 9 heteroatoms. The predicted octanol–water partition coefficient (Wildman–Crippen LogP) is 5.22. The molecule has 2 aromatic carbocycles. The van der Waals surface area contributed by atoms with Gasteiger partial charge in [0.1, 0.15) is 13.2 Å². The molecule has 0 N–H and O–H groups in total. The third kappa shape index (κ3) is 6.06. The number of hydrogen-bond donors (Lipinski definition) is 0. The zero-order valence-corrected chi connectivity index (χ0v) is 21.6. The van der Waals surface area contributed by atoms with Gasteiger partial charge in [0.05, 0.1) is 16.6 Å². The number of nitrogens with zero attached hydrogens (tertiary/aromatic N) is 2. The van der Waals surface area contributed by atoms with Crippen molar-refractivity contribution in [3.63, 3.8) is 0 Å². The van der Waals surface area contributed by atoms with Crippen LogP contribution in [0.1, 0.15) is 33.3 Å². The van der Waals surface area contributed by atoms with Crippen LogP contribution in [-0.2, 0) is 16.0 Å². The number of ether oxygens (including phenoxy) is 2. The molecule has 0 saturated carbocycles. The van der Waals surface area contributed by atoms with Gasteiger partial charge in [-0.3, -0.25) is 9.59 Å². The molecule has 6 nitrogen and oxygen atoms in total. The molecule has 0 fully saturated rings. The van der Waals surface area contributed by atoms with E-state index >= 15 is 0 Å². The van der Waals surface area contributed by atoms with E-state index in [1.165, 1.54) is 15.8 Å². The van der Waals surface area contributed by atoms with E-state index in [0.717, 1.165) is 12.0 Å². The van der Waals surface area contributed by atoms with Gasteiger partial charge in [-0.05, 0) is 54.1 Å². The summed E-state index contributed by atoms with van der Waals surface area (Å²) in [7, 11) is 1.59. The Morgan fingerprint density at radius 2 is 1.94 bits per heavy atom. The largest absolute Gasteiger partial charge is 0.488 e. The molecule has 2 heterocycles. The molecule has 0 saturated heterocycles. The van der Waals surface area contributed by atoms with Crippen molar-refractivity contribution in [2.45, 2.75) is 18.9 Å². The molecule has 2 amide bonds. The Balaban J connectivity index is 1.54. The van der Waals surface area contributed by atoms with Crippen LogP contribution in [0.25, 0.3) is 0 Å². The van der Waals surface area contributed by atoms with E-state index < -0.39 is 5.82 Å². The number of carbonyl (C=O) groups excluding carboxylic acids is 2. The third-order valence-electron chi connectivity index (χ3n) is 6.14. The van der Waals surface area contributed by atoms with Crippen molar-refractivity contribution >= 4 is 34.8 Å². The molecule has 1 aliphatic rings. The summed E-state index contributed by atoms with van der Waals surface area (Å²) in [6.45, 7) is 1.30. The van der Waals surface area contributed by atoms with Crippen LogP contribution in [0.2, 0.25) is 5.02 Å². The standard InChI is InChI=1S/C27H28ClFN2O4S/c1-34-15-6-13-30(27(33)19-7-2-3-8-21(19)28)17-26(32)31-14-11-25-20(12-16-36-25)23(31)18-35-24-10-5-4-9-22(24)29/h2-5,7-10,12,16,23H,6,11,13-15,17-18H2,1H3/t23-/m0/s1. The van der Waals surface area contributed by atoms with Crippen molar-refractivity contribution in [1.82, 2.24) is 9.80 Å². The summed E-state index contributed by atoms with van der Waals surface area (Å²) >= 11 is 7.91. The highest BCUT2D eigenvalue weighted by atomic mass is 35.5. The SMILES string of the molecule is COCCCN(CC(=O)N1CCc2sccc2[C@@H]1COc1ccccc1F)C(=O)c1ccccc1Cl. The Morgan fingerprint density at radius 1 is 1.17 bits per heavy atom. The molecule has 0 spiro atoms. The quantitative estimate of drug-likeness (QED) is 0.337. The fourth-order valence-electron chi connectivity index (χ4n) is 4.32. The maximum absolute atomic E-state index is 14.2. The Hall–Kier alpha value is -2.94. The van der Waals surface area contributed by atoms with Gasteiger partial charge in [0, 0.05) is 31.7 Å². The number of carbonyl (C=O) groups is 2. The number of thiophene rings is 1. The van der Waals surface area contributed by atoms with Crippen LogP contribution in [0.15, 0.2) is 60.0 Å². The van der Waals surface area contributed by atoms with Crippen LogP contribution in [-0.4, -0.2) is 61.6 Å². The number of hydrogen-bond acceptors (Lipinski definition) is 5. The maximum atomic E-state index is 14.2. The lowest BCUT2D eigenvalue weighted by Gasteiger charge is -2.37. The molecule has 1 atom stereocenters. The number of benzene rings is 2. The number of rotatable bonds is 10. The second kappa shape index (κ2) is 12.3. The van der Waals surface area contributed by atoms with Gasteiger partial charge in [-0.2, -0.15) is 0 Å². The first-order chi connectivity index (χ1) is 17.5. The van der Waals surface area contributed by atoms with Crippen molar-refractivity contribution in [2.24, 2.45) is 0 Å². The highest BCUT2D eigenvalue weighted by molar-refractivity contribution is 7.10. The molecule has 190 valence electrons. The number of fused-ring (bicyclic) bond motifs is 1. The average Bonchev–Trinajstić information content (AvgIpc) is 3.37. The molecule has 36 heavy (non-hydrogen) atoms. The van der Waals surface area contributed by atoms with Crippen LogP contribution in [0.4, 0.5) is 4.39 Å². The normalized spacial score (nSPS) is 14.9. The van der Waals surface area contributed by atoms with Gasteiger partial charge >= 0.3 is 0 Å². The molecule has 0 aliphatic carbocycles. The van der Waals surface area contributed by atoms with Gasteiger partial charge in [0.15, 0.2) is 11.6 Å². The first-order valence-electron chi connectivity index (χ1n) is 11.8. The molecule has 0 bridgehead atoms. The highest BCUT2D eigenvalue weighted by Gasteiger charge is 2.34. The lowest BCUT2D eigenvalue weighted by atomic mass is 10.0.